The Morgan fingerprint density at radius 1 is 1.03 bits per heavy atom. The van der Waals surface area contributed by atoms with Crippen molar-refractivity contribution in [1.29, 1.82) is 0 Å². The third kappa shape index (κ3) is 4.58. The number of carbonyl (C=O) groups excluding carboxylic acids is 1. The topological polar surface area (TPSA) is 40.5 Å². The van der Waals surface area contributed by atoms with Gasteiger partial charge in [-0.05, 0) is 56.8 Å². The zero-order valence-corrected chi connectivity index (χ0v) is 18.1. The van der Waals surface area contributed by atoms with Gasteiger partial charge in [-0.2, -0.15) is 0 Å². The third-order valence-corrected chi connectivity index (χ3v) is 6.09. The number of benzene rings is 2. The summed E-state index contributed by atoms with van der Waals surface area (Å²) in [5.74, 6) is -0.0236. The van der Waals surface area contributed by atoms with Crippen molar-refractivity contribution in [2.45, 2.75) is 19.9 Å². The van der Waals surface area contributed by atoms with Crippen molar-refractivity contribution in [2.75, 3.05) is 46.3 Å². The molecule has 5 nitrogen and oxygen atoms in total. The van der Waals surface area contributed by atoms with Gasteiger partial charge in [-0.15, -0.1) is 0 Å². The van der Waals surface area contributed by atoms with Gasteiger partial charge in [0.25, 0.3) is 0 Å². The molecular weight excluding hydrogens is 372 g/mol. The van der Waals surface area contributed by atoms with Gasteiger partial charge in [-0.25, -0.2) is 0 Å². The van der Waals surface area contributed by atoms with E-state index in [9.17, 15) is 4.79 Å². The maximum atomic E-state index is 12.2. The molecule has 2 heterocycles. The van der Waals surface area contributed by atoms with E-state index in [0.29, 0.717) is 0 Å². The summed E-state index contributed by atoms with van der Waals surface area (Å²) in [5.41, 5.74) is 3.55. The molecule has 1 aromatic heterocycles. The molecule has 30 heavy (non-hydrogen) atoms. The predicted molar refractivity (Wildman–Crippen MR) is 126 cm³/mol. The quantitative estimate of drug-likeness (QED) is 0.483. The highest BCUT2D eigenvalue weighted by Gasteiger charge is 2.13. The minimum Gasteiger partial charge on any atom is -0.353 e. The maximum Gasteiger partial charge on any atom is 0.243 e. The average Bonchev–Trinajstić information content (AvgIpc) is 3.09. The molecule has 3 aromatic rings. The molecule has 5 heteroatoms. The minimum absolute atomic E-state index is 0.0236. The number of hydrogen-bond donors (Lipinski definition) is 1. The van der Waals surface area contributed by atoms with E-state index in [4.69, 9.17) is 0 Å². The van der Waals surface area contributed by atoms with Crippen LogP contribution in [0.4, 0.5) is 0 Å². The van der Waals surface area contributed by atoms with Gasteiger partial charge in [-0.3, -0.25) is 4.79 Å². The van der Waals surface area contributed by atoms with Gasteiger partial charge in [0, 0.05) is 67.2 Å². The molecule has 0 bridgehead atoms. The Morgan fingerprint density at radius 3 is 2.60 bits per heavy atom. The van der Waals surface area contributed by atoms with Crippen LogP contribution in [0.1, 0.15) is 18.9 Å². The number of nitrogens with one attached hydrogen (secondary N) is 1. The SMILES string of the molecule is CCn1c2ccccc2c2cc(/C=C/C(=O)NCCCN3CCN(C)CC3)ccc21. The number of piperazine rings is 1. The lowest BCUT2D eigenvalue weighted by Gasteiger charge is -2.32. The van der Waals surface area contributed by atoms with Crippen molar-refractivity contribution in [2.24, 2.45) is 0 Å². The van der Waals surface area contributed by atoms with Crippen molar-refractivity contribution in [3.63, 3.8) is 0 Å². The number of fused-ring (bicyclic) bond motifs is 3. The largest absolute Gasteiger partial charge is 0.353 e. The van der Waals surface area contributed by atoms with E-state index < -0.39 is 0 Å². The Kier molecular flexibility index (Phi) is 6.50. The van der Waals surface area contributed by atoms with Gasteiger partial charge >= 0.3 is 0 Å². The highest BCUT2D eigenvalue weighted by atomic mass is 16.1. The summed E-state index contributed by atoms with van der Waals surface area (Å²) in [6.07, 6.45) is 4.55. The van der Waals surface area contributed by atoms with Crippen LogP contribution >= 0.6 is 0 Å². The van der Waals surface area contributed by atoms with E-state index >= 15 is 0 Å². The van der Waals surface area contributed by atoms with Gasteiger partial charge in [-0.1, -0.05) is 24.3 Å². The molecule has 0 spiro atoms. The summed E-state index contributed by atoms with van der Waals surface area (Å²) in [7, 11) is 2.17. The van der Waals surface area contributed by atoms with E-state index in [-0.39, 0.29) is 5.91 Å². The number of para-hydroxylation sites is 1. The molecule has 0 saturated carbocycles. The third-order valence-electron chi connectivity index (χ3n) is 6.09. The molecule has 1 aliphatic heterocycles. The van der Waals surface area contributed by atoms with Crippen LogP contribution in [0.3, 0.4) is 0 Å². The fraction of sp³-hybridized carbons (Fsp3) is 0.400. The van der Waals surface area contributed by atoms with Crippen LogP contribution < -0.4 is 5.32 Å². The minimum atomic E-state index is -0.0236. The first kappa shape index (κ1) is 20.6. The molecule has 0 unspecified atom stereocenters. The van der Waals surface area contributed by atoms with Crippen molar-refractivity contribution < 1.29 is 4.79 Å². The number of carbonyl (C=O) groups is 1. The van der Waals surface area contributed by atoms with Gasteiger partial charge < -0.3 is 19.7 Å². The second-order valence-corrected chi connectivity index (χ2v) is 8.16. The van der Waals surface area contributed by atoms with Crippen LogP contribution in [-0.4, -0.2) is 66.6 Å². The Bertz CT molecular complexity index is 1040. The van der Waals surface area contributed by atoms with Crippen LogP contribution in [0.2, 0.25) is 0 Å². The molecule has 2 aromatic carbocycles. The lowest BCUT2D eigenvalue weighted by molar-refractivity contribution is -0.116. The van der Waals surface area contributed by atoms with E-state index in [1.165, 1.54) is 21.8 Å². The summed E-state index contributed by atoms with van der Waals surface area (Å²) in [4.78, 5) is 17.1. The number of amides is 1. The first-order chi connectivity index (χ1) is 14.7. The van der Waals surface area contributed by atoms with E-state index in [1.807, 2.05) is 6.08 Å². The van der Waals surface area contributed by atoms with Gasteiger partial charge in [0.1, 0.15) is 0 Å². The average molecular weight is 405 g/mol. The van der Waals surface area contributed by atoms with Gasteiger partial charge in [0.05, 0.1) is 0 Å². The second kappa shape index (κ2) is 9.45. The number of likely N-dealkylation sites (N-methyl/N-ethyl adjacent to an activating group) is 1. The predicted octanol–water partition coefficient (Wildman–Crippen LogP) is 3.58. The zero-order valence-electron chi connectivity index (χ0n) is 18.1. The molecule has 1 saturated heterocycles. The molecule has 0 atom stereocenters. The monoisotopic (exact) mass is 404 g/mol. The fourth-order valence-electron chi connectivity index (χ4n) is 4.33. The molecule has 0 radical (unpaired) electrons. The number of nitrogens with zero attached hydrogens (tertiary/aromatic N) is 3. The highest BCUT2D eigenvalue weighted by Crippen LogP contribution is 2.29. The number of hydrogen-bond acceptors (Lipinski definition) is 3. The molecule has 1 N–H and O–H groups in total. The second-order valence-electron chi connectivity index (χ2n) is 8.16. The normalized spacial score (nSPS) is 16.1. The zero-order chi connectivity index (χ0) is 20.9. The first-order valence-electron chi connectivity index (χ1n) is 11.0. The summed E-state index contributed by atoms with van der Waals surface area (Å²) < 4.78 is 2.34. The number of aromatic nitrogens is 1. The number of aryl methyl sites for hydroxylation is 1. The van der Waals surface area contributed by atoms with Crippen LogP contribution in [-0.2, 0) is 11.3 Å². The van der Waals surface area contributed by atoms with Crippen molar-refractivity contribution >= 4 is 33.8 Å². The first-order valence-corrected chi connectivity index (χ1v) is 11.0. The Morgan fingerprint density at radius 2 is 1.80 bits per heavy atom. The summed E-state index contributed by atoms with van der Waals surface area (Å²) in [5, 5.41) is 5.51. The van der Waals surface area contributed by atoms with Crippen molar-refractivity contribution in [3.05, 3.63) is 54.1 Å². The lowest BCUT2D eigenvalue weighted by Crippen LogP contribution is -2.45. The fourth-order valence-corrected chi connectivity index (χ4v) is 4.33. The van der Waals surface area contributed by atoms with Crippen molar-refractivity contribution in [3.8, 4) is 0 Å². The summed E-state index contributed by atoms with van der Waals surface area (Å²) >= 11 is 0. The highest BCUT2D eigenvalue weighted by molar-refractivity contribution is 6.08. The maximum absolute atomic E-state index is 12.2. The summed E-state index contributed by atoms with van der Waals surface area (Å²) in [6, 6.07) is 14.9. The number of rotatable bonds is 7. The van der Waals surface area contributed by atoms with Crippen LogP contribution in [0, 0.1) is 0 Å². The molecule has 1 fully saturated rings. The standard InChI is InChI=1S/C25H32N4O/c1-3-29-23-8-5-4-7-21(23)22-19-20(9-11-24(22)29)10-12-25(30)26-13-6-14-28-17-15-27(2)16-18-28/h4-5,7-12,19H,3,6,13-18H2,1-2H3,(H,26,30)/b12-10+. The van der Waals surface area contributed by atoms with Crippen LogP contribution in [0.5, 0.6) is 0 Å². The smallest absolute Gasteiger partial charge is 0.243 e. The molecule has 158 valence electrons. The van der Waals surface area contributed by atoms with E-state index in [2.05, 4.69) is 76.1 Å². The molecule has 4 rings (SSSR count). The van der Waals surface area contributed by atoms with Gasteiger partial charge in [0.15, 0.2) is 0 Å². The van der Waals surface area contributed by atoms with E-state index in [0.717, 1.165) is 57.8 Å². The van der Waals surface area contributed by atoms with E-state index in [1.54, 1.807) is 6.08 Å². The Balaban J connectivity index is 1.34. The van der Waals surface area contributed by atoms with Gasteiger partial charge in [0.2, 0.25) is 5.91 Å². The molecular formula is C25H32N4O. The lowest BCUT2D eigenvalue weighted by atomic mass is 10.1. The Labute approximate surface area is 178 Å². The Hall–Kier alpha value is -2.63. The molecule has 0 aliphatic carbocycles. The van der Waals surface area contributed by atoms with Crippen molar-refractivity contribution in [1.82, 2.24) is 19.7 Å². The summed E-state index contributed by atoms with van der Waals surface area (Å²) in [6.45, 7) is 9.41. The van der Waals surface area contributed by atoms with Crippen LogP contribution in [0.25, 0.3) is 27.9 Å². The molecule has 1 aliphatic rings. The molecule has 1 amide bonds. The van der Waals surface area contributed by atoms with Crippen LogP contribution in [0.15, 0.2) is 48.5 Å².